The van der Waals surface area contributed by atoms with E-state index in [2.05, 4.69) is 10.3 Å². The molecule has 0 saturated heterocycles. The van der Waals surface area contributed by atoms with Gasteiger partial charge in [0.15, 0.2) is 5.96 Å². The lowest BCUT2D eigenvalue weighted by Crippen LogP contribution is -2.37. The molecule has 0 saturated carbocycles. The Morgan fingerprint density at radius 2 is 1.88 bits per heavy atom. The summed E-state index contributed by atoms with van der Waals surface area (Å²) < 4.78 is 12.7. The highest BCUT2D eigenvalue weighted by molar-refractivity contribution is 14.0. The van der Waals surface area contributed by atoms with Gasteiger partial charge in [-0.2, -0.15) is 0 Å². The minimum atomic E-state index is -0.194. The molecule has 0 radical (unpaired) electrons. The Hall–Kier alpha value is -0.850. The molecule has 0 atom stereocenters. The van der Waals surface area contributed by atoms with E-state index >= 15 is 0 Å². The van der Waals surface area contributed by atoms with Crippen LogP contribution in [0.15, 0.2) is 29.3 Å². The van der Waals surface area contributed by atoms with Crippen LogP contribution in [0.3, 0.4) is 0 Å². The summed E-state index contributed by atoms with van der Waals surface area (Å²) in [6.45, 7) is 0.788. The number of halogens is 2. The van der Waals surface area contributed by atoms with Crippen LogP contribution in [0.5, 0.6) is 0 Å². The molecule has 0 aliphatic carbocycles. The zero-order valence-electron chi connectivity index (χ0n) is 10.4. The van der Waals surface area contributed by atoms with E-state index in [1.807, 2.05) is 19.0 Å². The molecule has 0 amide bonds. The van der Waals surface area contributed by atoms with E-state index in [1.54, 1.807) is 19.2 Å². The first kappa shape index (κ1) is 16.1. The van der Waals surface area contributed by atoms with Crippen LogP contribution in [-0.4, -0.2) is 38.5 Å². The van der Waals surface area contributed by atoms with Crippen molar-refractivity contribution >= 4 is 29.9 Å². The first-order valence-corrected chi connectivity index (χ1v) is 5.26. The molecule has 0 fully saturated rings. The molecular weight excluding hydrogens is 332 g/mol. The normalized spacial score (nSPS) is 10.7. The fourth-order valence-corrected chi connectivity index (χ4v) is 1.41. The second kappa shape index (κ2) is 8.27. The first-order valence-electron chi connectivity index (χ1n) is 5.26. The Kier molecular flexibility index (Phi) is 7.86. The average Bonchev–Trinajstić information content (AvgIpc) is 2.26. The number of benzene rings is 1. The summed E-state index contributed by atoms with van der Waals surface area (Å²) in [5.74, 6) is 0.655. The molecule has 0 spiro atoms. The minimum Gasteiger partial charge on any atom is -0.356 e. The molecule has 3 nitrogen and oxygen atoms in total. The van der Waals surface area contributed by atoms with Crippen LogP contribution in [0.1, 0.15) is 5.56 Å². The summed E-state index contributed by atoms with van der Waals surface area (Å²) in [7, 11) is 5.63. The molecule has 96 valence electrons. The van der Waals surface area contributed by atoms with Crippen molar-refractivity contribution in [1.82, 2.24) is 10.2 Å². The van der Waals surface area contributed by atoms with Gasteiger partial charge in [0, 0.05) is 27.7 Å². The molecule has 1 N–H and O–H groups in total. The second-order valence-electron chi connectivity index (χ2n) is 3.74. The molecule has 1 aromatic rings. The summed E-state index contributed by atoms with van der Waals surface area (Å²) in [6.07, 6.45) is 0.854. The van der Waals surface area contributed by atoms with Crippen molar-refractivity contribution < 1.29 is 4.39 Å². The van der Waals surface area contributed by atoms with Gasteiger partial charge in [0.1, 0.15) is 5.82 Å². The molecule has 1 aromatic carbocycles. The number of hydrogen-bond acceptors (Lipinski definition) is 1. The Labute approximate surface area is 119 Å². The fourth-order valence-electron chi connectivity index (χ4n) is 1.41. The third-order valence-electron chi connectivity index (χ3n) is 2.25. The third kappa shape index (κ3) is 5.86. The Morgan fingerprint density at radius 1 is 1.29 bits per heavy atom. The van der Waals surface area contributed by atoms with Gasteiger partial charge in [0.2, 0.25) is 0 Å². The van der Waals surface area contributed by atoms with E-state index in [4.69, 9.17) is 0 Å². The van der Waals surface area contributed by atoms with Gasteiger partial charge < -0.3 is 10.2 Å². The van der Waals surface area contributed by atoms with Gasteiger partial charge in [-0.15, -0.1) is 24.0 Å². The van der Waals surface area contributed by atoms with E-state index in [0.717, 1.165) is 24.5 Å². The summed E-state index contributed by atoms with van der Waals surface area (Å²) in [5.41, 5.74) is 1.11. The first-order chi connectivity index (χ1) is 7.63. The van der Waals surface area contributed by atoms with Crippen molar-refractivity contribution in [3.8, 4) is 0 Å². The second-order valence-corrected chi connectivity index (χ2v) is 3.74. The molecule has 0 unspecified atom stereocenters. The van der Waals surface area contributed by atoms with Crippen molar-refractivity contribution in [1.29, 1.82) is 0 Å². The molecule has 5 heteroatoms. The van der Waals surface area contributed by atoms with Gasteiger partial charge in [0.05, 0.1) is 0 Å². The molecule has 0 aliphatic heterocycles. The number of rotatable bonds is 3. The Morgan fingerprint density at radius 3 is 2.35 bits per heavy atom. The summed E-state index contributed by atoms with van der Waals surface area (Å²) in [5, 5.41) is 3.21. The van der Waals surface area contributed by atoms with Crippen LogP contribution < -0.4 is 5.32 Å². The van der Waals surface area contributed by atoms with Crippen LogP contribution in [0.2, 0.25) is 0 Å². The minimum absolute atomic E-state index is 0. The monoisotopic (exact) mass is 351 g/mol. The molecule has 0 bridgehead atoms. The topological polar surface area (TPSA) is 27.6 Å². The van der Waals surface area contributed by atoms with Crippen LogP contribution in [0.25, 0.3) is 0 Å². The third-order valence-corrected chi connectivity index (χ3v) is 2.25. The quantitative estimate of drug-likeness (QED) is 0.513. The smallest absolute Gasteiger partial charge is 0.193 e. The van der Waals surface area contributed by atoms with Crippen molar-refractivity contribution in [3.63, 3.8) is 0 Å². The SMILES string of the molecule is CN=C(NCCc1ccc(F)cc1)N(C)C.I. The van der Waals surface area contributed by atoms with E-state index in [9.17, 15) is 4.39 Å². The Bertz CT molecular complexity index is 349. The van der Waals surface area contributed by atoms with Crippen LogP contribution in [0, 0.1) is 5.82 Å². The number of nitrogens with one attached hydrogen (secondary N) is 1. The zero-order valence-corrected chi connectivity index (χ0v) is 12.7. The molecule has 0 aromatic heterocycles. The number of hydrogen-bond donors (Lipinski definition) is 1. The highest BCUT2D eigenvalue weighted by atomic mass is 127. The maximum absolute atomic E-state index is 12.7. The lowest BCUT2D eigenvalue weighted by Gasteiger charge is -2.16. The van der Waals surface area contributed by atoms with Crippen molar-refractivity contribution in [2.24, 2.45) is 4.99 Å². The van der Waals surface area contributed by atoms with Crippen LogP contribution in [-0.2, 0) is 6.42 Å². The van der Waals surface area contributed by atoms with Gasteiger partial charge in [-0.3, -0.25) is 4.99 Å². The summed E-state index contributed by atoms with van der Waals surface area (Å²) in [6, 6.07) is 6.57. The standard InChI is InChI=1S/C12H18FN3.HI/c1-14-12(16(2)3)15-9-8-10-4-6-11(13)7-5-10;/h4-7H,8-9H2,1-3H3,(H,14,15);1H. The largest absolute Gasteiger partial charge is 0.356 e. The summed E-state index contributed by atoms with van der Waals surface area (Å²) in [4.78, 5) is 6.03. The lowest BCUT2D eigenvalue weighted by atomic mass is 10.1. The zero-order chi connectivity index (χ0) is 12.0. The molecule has 0 heterocycles. The predicted octanol–water partition coefficient (Wildman–Crippen LogP) is 2.12. The summed E-state index contributed by atoms with van der Waals surface area (Å²) >= 11 is 0. The predicted molar refractivity (Wildman–Crippen MR) is 80.6 cm³/mol. The molecule has 0 aliphatic rings. The van der Waals surface area contributed by atoms with E-state index < -0.39 is 0 Å². The average molecular weight is 351 g/mol. The Balaban J connectivity index is 0.00000256. The van der Waals surface area contributed by atoms with Gasteiger partial charge in [-0.25, -0.2) is 4.39 Å². The number of aliphatic imine (C=N–C) groups is 1. The molecular formula is C12H19FIN3. The fraction of sp³-hybridized carbons (Fsp3) is 0.417. The van der Waals surface area contributed by atoms with E-state index in [-0.39, 0.29) is 29.8 Å². The maximum atomic E-state index is 12.7. The van der Waals surface area contributed by atoms with Crippen molar-refractivity contribution in [2.45, 2.75) is 6.42 Å². The van der Waals surface area contributed by atoms with Gasteiger partial charge in [0.25, 0.3) is 0 Å². The van der Waals surface area contributed by atoms with Crippen molar-refractivity contribution in [3.05, 3.63) is 35.6 Å². The number of guanidine groups is 1. The lowest BCUT2D eigenvalue weighted by molar-refractivity contribution is 0.583. The van der Waals surface area contributed by atoms with E-state index in [1.165, 1.54) is 12.1 Å². The van der Waals surface area contributed by atoms with Gasteiger partial charge in [-0.1, -0.05) is 12.1 Å². The van der Waals surface area contributed by atoms with E-state index in [0.29, 0.717) is 0 Å². The highest BCUT2D eigenvalue weighted by Gasteiger charge is 1.99. The van der Waals surface area contributed by atoms with Crippen molar-refractivity contribution in [2.75, 3.05) is 27.7 Å². The molecule has 17 heavy (non-hydrogen) atoms. The number of nitrogens with zero attached hydrogens (tertiary/aromatic N) is 2. The maximum Gasteiger partial charge on any atom is 0.193 e. The van der Waals surface area contributed by atoms with Crippen LogP contribution >= 0.6 is 24.0 Å². The van der Waals surface area contributed by atoms with Gasteiger partial charge >= 0.3 is 0 Å². The van der Waals surface area contributed by atoms with Crippen LogP contribution in [0.4, 0.5) is 4.39 Å². The van der Waals surface area contributed by atoms with Gasteiger partial charge in [-0.05, 0) is 24.1 Å². The molecule has 1 rings (SSSR count). The highest BCUT2D eigenvalue weighted by Crippen LogP contribution is 2.02.